The molecule has 2 aromatic carbocycles. The second kappa shape index (κ2) is 18.3. The molecule has 0 aromatic heterocycles. The summed E-state index contributed by atoms with van der Waals surface area (Å²) in [5.41, 5.74) is 6.13. The minimum absolute atomic E-state index is 0.0279. The van der Waals surface area contributed by atoms with Crippen molar-refractivity contribution >= 4 is 12.4 Å². The van der Waals surface area contributed by atoms with E-state index < -0.39 is 6.03 Å². The lowest BCUT2D eigenvalue weighted by molar-refractivity contribution is -0.928. The van der Waals surface area contributed by atoms with Gasteiger partial charge >= 0.3 is 6.03 Å². The lowest BCUT2D eigenvalue weighted by Crippen LogP contribution is -2.61. The molecule has 1 saturated heterocycles. The summed E-state index contributed by atoms with van der Waals surface area (Å²) >= 11 is 0. The Balaban J connectivity index is 1.54. The smallest absolute Gasteiger partial charge is 0.341 e. The number of fused-ring (bicyclic) bond motifs is 2. The molecule has 59 heavy (non-hydrogen) atoms. The molecule has 0 saturated carbocycles. The predicted octanol–water partition coefficient (Wildman–Crippen LogP) is 11.9. The number of hydrogen-bond donors (Lipinski definition) is 0. The maximum Gasteiger partial charge on any atom is 0.704 e. The van der Waals surface area contributed by atoms with Crippen LogP contribution < -0.4 is 9.47 Å². The van der Waals surface area contributed by atoms with Gasteiger partial charge < -0.3 is 18.4 Å². The molecule has 0 aliphatic carbocycles. The summed E-state index contributed by atoms with van der Waals surface area (Å²) in [7, 11) is 0. The van der Waals surface area contributed by atoms with Crippen LogP contribution in [0.3, 0.4) is 0 Å². The molecular weight excluding hydrogens is 725 g/mol. The molecule has 1 spiro atoms. The molecule has 2 aromatic rings. The summed E-state index contributed by atoms with van der Waals surface area (Å²) in [6, 6.07) is 10.8. The van der Waals surface area contributed by atoms with Gasteiger partial charge in [0.2, 0.25) is 12.1 Å². The molecular formula is C53H90N4O2+4. The van der Waals surface area contributed by atoms with E-state index >= 15 is 0 Å². The molecule has 1 fully saturated rings. The van der Waals surface area contributed by atoms with Crippen molar-refractivity contribution < 1.29 is 27.6 Å². The van der Waals surface area contributed by atoms with E-state index in [1.165, 1.54) is 148 Å². The SMILES string of the molecule is CCC[N+](CCC)(CCC)CCCC(C)(CCC[N+](CCC)(CCC)CCC)c1ccc2c(c1)C=[N+]1C(C)(C)C[N+]3=Cc4cc(C(C)(C)C)cc(C(C)(C)C)c4OC31O2. The van der Waals surface area contributed by atoms with Crippen molar-refractivity contribution in [3.63, 3.8) is 0 Å². The van der Waals surface area contributed by atoms with Crippen LogP contribution >= 0.6 is 0 Å². The van der Waals surface area contributed by atoms with E-state index in [2.05, 4.69) is 156 Å². The van der Waals surface area contributed by atoms with Gasteiger partial charge in [-0.05, 0) is 110 Å². The van der Waals surface area contributed by atoms with E-state index in [1.54, 1.807) is 0 Å². The fourth-order valence-corrected chi connectivity index (χ4v) is 11.5. The van der Waals surface area contributed by atoms with Crippen molar-refractivity contribution in [3.05, 3.63) is 58.1 Å². The molecule has 3 aliphatic heterocycles. The highest BCUT2D eigenvalue weighted by atomic mass is 16.7. The van der Waals surface area contributed by atoms with E-state index in [0.717, 1.165) is 23.6 Å². The Bertz CT molecular complexity index is 1740. The van der Waals surface area contributed by atoms with E-state index in [-0.39, 0.29) is 21.8 Å². The average Bonchev–Trinajstić information content (AvgIpc) is 3.36. The third-order valence-corrected chi connectivity index (χ3v) is 14.3. The van der Waals surface area contributed by atoms with Crippen LogP contribution in [0, 0.1) is 0 Å². The summed E-state index contributed by atoms with van der Waals surface area (Å²) in [6.45, 7) is 46.6. The van der Waals surface area contributed by atoms with Gasteiger partial charge in [0.25, 0.3) is 0 Å². The molecule has 3 aliphatic rings. The Morgan fingerprint density at radius 3 is 1.53 bits per heavy atom. The first-order valence-corrected chi connectivity index (χ1v) is 24.4. The van der Waals surface area contributed by atoms with Crippen LogP contribution in [-0.4, -0.2) is 101 Å². The highest BCUT2D eigenvalue weighted by Gasteiger charge is 2.75. The number of nitrogens with zero attached hydrogens (tertiary/aromatic N) is 4. The first-order chi connectivity index (χ1) is 27.7. The largest absolute Gasteiger partial charge is 0.704 e. The van der Waals surface area contributed by atoms with E-state index in [1.807, 2.05) is 0 Å². The standard InChI is InChI=1S/C53H90N4O2/c1-16-28-56(29-17-2,30-18-3)34-22-26-52(15,27-23-35-57(31-19-4,32-20-5)33-21-6)44-24-25-47-42(36-44)40-55-51(13,14)41-54-39-43-37-45(49(7,8)9)38-46(50(10,11)12)48(43)59-53(54,55)58-47/h24-25,36-40H,16-23,26-35,41H2,1-15H3/q+4. The van der Waals surface area contributed by atoms with Crippen LogP contribution in [-0.2, 0) is 16.2 Å². The van der Waals surface area contributed by atoms with E-state index in [9.17, 15) is 0 Å². The highest BCUT2D eigenvalue weighted by Crippen LogP contribution is 2.47. The number of quaternary nitrogens is 2. The predicted molar refractivity (Wildman–Crippen MR) is 251 cm³/mol. The maximum atomic E-state index is 7.32. The van der Waals surface area contributed by atoms with Crippen LogP contribution in [0.4, 0.5) is 0 Å². The van der Waals surface area contributed by atoms with Crippen molar-refractivity contribution in [1.29, 1.82) is 0 Å². The lowest BCUT2D eigenvalue weighted by atomic mass is 9.74. The minimum atomic E-state index is -1.07. The van der Waals surface area contributed by atoms with Crippen LogP contribution in [0.2, 0.25) is 0 Å². The molecule has 1 unspecified atom stereocenters. The van der Waals surface area contributed by atoms with Gasteiger partial charge in [0.1, 0.15) is 0 Å². The zero-order valence-corrected chi connectivity index (χ0v) is 41.1. The van der Waals surface area contributed by atoms with Crippen LogP contribution in [0.1, 0.15) is 196 Å². The van der Waals surface area contributed by atoms with Gasteiger partial charge in [-0.25, -0.2) is 0 Å². The van der Waals surface area contributed by atoms with Gasteiger partial charge in [-0.15, -0.1) is 0 Å². The van der Waals surface area contributed by atoms with Crippen molar-refractivity contribution in [2.75, 3.05) is 58.9 Å². The van der Waals surface area contributed by atoms with Crippen molar-refractivity contribution in [2.24, 2.45) is 0 Å². The quantitative estimate of drug-likeness (QED) is 0.0926. The molecule has 6 heteroatoms. The zero-order valence-electron chi connectivity index (χ0n) is 41.1. The maximum absolute atomic E-state index is 7.32. The molecule has 5 rings (SSSR count). The molecule has 6 nitrogen and oxygen atoms in total. The molecule has 0 N–H and O–H groups in total. The molecule has 1 atom stereocenters. The van der Waals surface area contributed by atoms with Crippen LogP contribution in [0.5, 0.6) is 11.5 Å². The van der Waals surface area contributed by atoms with Gasteiger partial charge in [-0.2, -0.15) is 0 Å². The number of benzene rings is 2. The van der Waals surface area contributed by atoms with Gasteiger partial charge in [-0.1, -0.05) is 111 Å². The number of rotatable bonds is 21. The Morgan fingerprint density at radius 1 is 0.576 bits per heavy atom. The van der Waals surface area contributed by atoms with Crippen LogP contribution in [0.25, 0.3) is 0 Å². The third kappa shape index (κ3) is 10.0. The summed E-state index contributed by atoms with van der Waals surface area (Å²) in [6.07, 6.45) is 17.2. The molecule has 0 bridgehead atoms. The van der Waals surface area contributed by atoms with E-state index in [4.69, 9.17) is 9.47 Å². The second-order valence-corrected chi connectivity index (χ2v) is 22.3. The summed E-state index contributed by atoms with van der Waals surface area (Å²) in [4.78, 5) is 0. The lowest BCUT2D eigenvalue weighted by Gasteiger charge is -2.41. The molecule has 3 heterocycles. The summed E-state index contributed by atoms with van der Waals surface area (Å²) in [5, 5.41) is 0. The van der Waals surface area contributed by atoms with Crippen LogP contribution in [0.15, 0.2) is 30.3 Å². The Morgan fingerprint density at radius 2 is 1.07 bits per heavy atom. The first kappa shape index (κ1) is 47.4. The molecule has 0 amide bonds. The van der Waals surface area contributed by atoms with Crippen molar-refractivity contribution in [2.45, 2.75) is 196 Å². The zero-order chi connectivity index (χ0) is 43.5. The monoisotopic (exact) mass is 815 g/mol. The topological polar surface area (TPSA) is 24.5 Å². The highest BCUT2D eigenvalue weighted by molar-refractivity contribution is 5.84. The summed E-state index contributed by atoms with van der Waals surface area (Å²) in [5.74, 6) is 1.85. The molecule has 0 radical (unpaired) electrons. The summed E-state index contributed by atoms with van der Waals surface area (Å²) < 4.78 is 21.8. The first-order valence-electron chi connectivity index (χ1n) is 24.4. The van der Waals surface area contributed by atoms with Gasteiger partial charge in [0.15, 0.2) is 23.9 Å². The van der Waals surface area contributed by atoms with E-state index in [0.29, 0.717) is 0 Å². The van der Waals surface area contributed by atoms with Crippen molar-refractivity contribution in [3.8, 4) is 11.5 Å². The Hall–Kier alpha value is -2.70. The fourth-order valence-electron chi connectivity index (χ4n) is 11.5. The van der Waals surface area contributed by atoms with Gasteiger partial charge in [-0.3, -0.25) is 0 Å². The van der Waals surface area contributed by atoms with Crippen molar-refractivity contribution in [1.82, 2.24) is 0 Å². The Kier molecular flexibility index (Phi) is 14.7. The average molecular weight is 815 g/mol. The Labute approximate surface area is 363 Å². The van der Waals surface area contributed by atoms with Gasteiger partial charge in [0.05, 0.1) is 63.5 Å². The number of hydrogen-bond acceptors (Lipinski definition) is 2. The van der Waals surface area contributed by atoms with Gasteiger partial charge in [0, 0.05) is 19.4 Å². The number of ether oxygens (including phenoxy) is 2. The molecule has 330 valence electrons. The normalized spacial score (nSPS) is 18.9. The minimum Gasteiger partial charge on any atom is -0.341 e. The fraction of sp³-hybridized carbons (Fsp3) is 0.736. The third-order valence-electron chi connectivity index (χ3n) is 14.3. The second-order valence-electron chi connectivity index (χ2n) is 22.3.